The van der Waals surface area contributed by atoms with Crippen LogP contribution in [0, 0.1) is 11.3 Å². The van der Waals surface area contributed by atoms with Crippen molar-refractivity contribution in [1.82, 2.24) is 5.32 Å². The molecule has 0 aromatic heterocycles. The van der Waals surface area contributed by atoms with Crippen LogP contribution in [0.25, 0.3) is 0 Å². The highest BCUT2D eigenvalue weighted by Crippen LogP contribution is 2.40. The summed E-state index contributed by atoms with van der Waals surface area (Å²) in [5, 5.41) is 13.6. The van der Waals surface area contributed by atoms with Crippen molar-refractivity contribution in [2.75, 3.05) is 5.75 Å². The normalized spacial score (nSPS) is 18.7. The van der Waals surface area contributed by atoms with E-state index in [1.165, 1.54) is 11.8 Å². The smallest absolute Gasteiger partial charge is 0.225 e. The molecule has 2 rings (SSSR count). The Balaban J connectivity index is 2.53. The van der Waals surface area contributed by atoms with E-state index in [1.807, 2.05) is 13.0 Å². The van der Waals surface area contributed by atoms with Crippen molar-refractivity contribution in [3.05, 3.63) is 44.4 Å². The van der Waals surface area contributed by atoms with Gasteiger partial charge in [0.05, 0.1) is 26.7 Å². The Kier molecular flexibility index (Phi) is 4.98. The number of halogens is 2. The number of carbonyl (C=O) groups excluding carboxylic acids is 1. The second kappa shape index (κ2) is 6.53. The summed E-state index contributed by atoms with van der Waals surface area (Å²) >= 11 is 13.7. The third kappa shape index (κ3) is 2.95. The van der Waals surface area contributed by atoms with Crippen molar-refractivity contribution < 1.29 is 4.79 Å². The highest BCUT2D eigenvalue weighted by atomic mass is 35.5. The van der Waals surface area contributed by atoms with Gasteiger partial charge < -0.3 is 5.32 Å². The molecule has 1 aromatic carbocycles. The number of hydrogen-bond acceptors (Lipinski definition) is 3. The maximum atomic E-state index is 11.8. The third-order valence-corrected chi connectivity index (χ3v) is 4.73. The van der Waals surface area contributed by atoms with Gasteiger partial charge in [0.15, 0.2) is 0 Å². The Morgan fingerprint density at radius 3 is 2.90 bits per heavy atom. The summed E-state index contributed by atoms with van der Waals surface area (Å²) in [7, 11) is 0. The Bertz CT molecular complexity index is 622. The van der Waals surface area contributed by atoms with Crippen molar-refractivity contribution in [3.8, 4) is 6.07 Å². The lowest BCUT2D eigenvalue weighted by Gasteiger charge is -2.25. The lowest BCUT2D eigenvalue weighted by atomic mass is 9.87. The molecule has 1 N–H and O–H groups in total. The molecule has 1 aliphatic rings. The molecule has 0 unspecified atom stereocenters. The van der Waals surface area contributed by atoms with E-state index in [9.17, 15) is 10.1 Å². The molecule has 6 heteroatoms. The molecule has 0 radical (unpaired) electrons. The van der Waals surface area contributed by atoms with Gasteiger partial charge in [0.25, 0.3) is 0 Å². The van der Waals surface area contributed by atoms with Gasteiger partial charge in [-0.15, -0.1) is 11.8 Å². The number of benzene rings is 1. The monoisotopic (exact) mass is 326 g/mol. The standard InChI is InChI=1S/C14H12Cl2N2OS/c1-2-20-14-10(7-17)9(6-12(19)18-14)8-4-3-5-11(15)13(8)16/h3-5,9H,2,6H2,1H3,(H,18,19)/t9-/m0/s1. The topological polar surface area (TPSA) is 52.9 Å². The Labute approximate surface area is 131 Å². The van der Waals surface area contributed by atoms with E-state index in [0.717, 1.165) is 11.3 Å². The third-order valence-electron chi connectivity index (χ3n) is 3.00. The number of nitrogens with zero attached hydrogens (tertiary/aromatic N) is 1. The average Bonchev–Trinajstić information content (AvgIpc) is 2.42. The summed E-state index contributed by atoms with van der Waals surface area (Å²) in [6.45, 7) is 1.97. The van der Waals surface area contributed by atoms with Gasteiger partial charge in [0.1, 0.15) is 0 Å². The summed E-state index contributed by atoms with van der Waals surface area (Å²) in [6.07, 6.45) is 0.205. The Morgan fingerprint density at radius 1 is 1.50 bits per heavy atom. The van der Waals surface area contributed by atoms with E-state index in [-0.39, 0.29) is 18.2 Å². The predicted molar refractivity (Wildman–Crippen MR) is 82.7 cm³/mol. The summed E-state index contributed by atoms with van der Waals surface area (Å²) < 4.78 is 0. The van der Waals surface area contributed by atoms with Crippen molar-refractivity contribution >= 4 is 40.9 Å². The first-order valence-corrected chi connectivity index (χ1v) is 7.83. The van der Waals surface area contributed by atoms with Crippen LogP contribution < -0.4 is 5.32 Å². The van der Waals surface area contributed by atoms with E-state index in [1.54, 1.807) is 12.1 Å². The molecule has 0 bridgehead atoms. The van der Waals surface area contributed by atoms with Crippen LogP contribution in [0.2, 0.25) is 10.0 Å². The Morgan fingerprint density at radius 2 is 2.25 bits per heavy atom. The fourth-order valence-corrected chi connectivity index (χ4v) is 3.39. The van der Waals surface area contributed by atoms with Gasteiger partial charge in [-0.05, 0) is 17.4 Å². The predicted octanol–water partition coefficient (Wildman–Crippen LogP) is 4.09. The summed E-state index contributed by atoms with van der Waals surface area (Å²) in [5.74, 6) is 0.326. The van der Waals surface area contributed by atoms with Crippen molar-refractivity contribution in [2.45, 2.75) is 19.3 Å². The number of nitrogens with one attached hydrogen (secondary N) is 1. The van der Waals surface area contributed by atoms with Crippen LogP contribution in [0.15, 0.2) is 28.8 Å². The van der Waals surface area contributed by atoms with Crippen LogP contribution in [0.4, 0.5) is 0 Å². The Hall–Kier alpha value is -1.15. The zero-order valence-electron chi connectivity index (χ0n) is 10.7. The van der Waals surface area contributed by atoms with Crippen LogP contribution in [-0.4, -0.2) is 11.7 Å². The molecule has 0 aliphatic carbocycles. The molecule has 0 fully saturated rings. The van der Waals surface area contributed by atoms with Gasteiger partial charge in [0.2, 0.25) is 5.91 Å². The number of amides is 1. The van der Waals surface area contributed by atoms with Crippen molar-refractivity contribution in [2.24, 2.45) is 0 Å². The largest absolute Gasteiger partial charge is 0.320 e. The maximum absolute atomic E-state index is 11.8. The van der Waals surface area contributed by atoms with E-state index in [2.05, 4.69) is 11.4 Å². The van der Waals surface area contributed by atoms with E-state index >= 15 is 0 Å². The van der Waals surface area contributed by atoms with Crippen LogP contribution in [0.5, 0.6) is 0 Å². The second-order valence-corrected chi connectivity index (χ2v) is 6.29. The van der Waals surface area contributed by atoms with Crippen molar-refractivity contribution in [3.63, 3.8) is 0 Å². The molecule has 1 amide bonds. The summed E-state index contributed by atoms with van der Waals surface area (Å²) in [5.41, 5.74) is 1.26. The van der Waals surface area contributed by atoms with Crippen LogP contribution >= 0.6 is 35.0 Å². The number of carbonyl (C=O) groups is 1. The summed E-state index contributed by atoms with van der Waals surface area (Å²) in [4.78, 5) is 11.8. The first kappa shape index (κ1) is 15.2. The molecule has 20 heavy (non-hydrogen) atoms. The number of allylic oxidation sites excluding steroid dienone is 1. The van der Waals surface area contributed by atoms with Gasteiger partial charge >= 0.3 is 0 Å². The van der Waals surface area contributed by atoms with Gasteiger partial charge in [-0.3, -0.25) is 4.79 Å². The van der Waals surface area contributed by atoms with E-state index < -0.39 is 0 Å². The van der Waals surface area contributed by atoms with Crippen LogP contribution in [-0.2, 0) is 4.79 Å². The minimum atomic E-state index is -0.339. The molecular weight excluding hydrogens is 315 g/mol. The van der Waals surface area contributed by atoms with Crippen LogP contribution in [0.3, 0.4) is 0 Å². The molecule has 1 aromatic rings. The van der Waals surface area contributed by atoms with Gasteiger partial charge in [-0.1, -0.05) is 42.3 Å². The number of thioether (sulfide) groups is 1. The molecule has 1 atom stereocenters. The lowest BCUT2D eigenvalue weighted by molar-refractivity contribution is -0.120. The fraction of sp³-hybridized carbons (Fsp3) is 0.286. The fourth-order valence-electron chi connectivity index (χ4n) is 2.13. The molecule has 104 valence electrons. The van der Waals surface area contributed by atoms with Crippen LogP contribution in [0.1, 0.15) is 24.8 Å². The molecule has 1 heterocycles. The SMILES string of the molecule is CCSC1=C(C#N)[C@H](c2cccc(Cl)c2Cl)CC(=O)N1. The molecule has 3 nitrogen and oxygen atoms in total. The average molecular weight is 327 g/mol. The lowest BCUT2D eigenvalue weighted by Crippen LogP contribution is -2.31. The van der Waals surface area contributed by atoms with Gasteiger partial charge in [0, 0.05) is 12.3 Å². The maximum Gasteiger partial charge on any atom is 0.225 e. The van der Waals surface area contributed by atoms with Gasteiger partial charge in [-0.2, -0.15) is 5.26 Å². The first-order valence-electron chi connectivity index (χ1n) is 6.09. The van der Waals surface area contributed by atoms with Gasteiger partial charge in [-0.25, -0.2) is 0 Å². The second-order valence-electron chi connectivity index (χ2n) is 4.24. The first-order chi connectivity index (χ1) is 9.58. The summed E-state index contributed by atoms with van der Waals surface area (Å²) in [6, 6.07) is 7.47. The van der Waals surface area contributed by atoms with E-state index in [0.29, 0.717) is 20.6 Å². The molecular formula is C14H12Cl2N2OS. The molecule has 0 spiro atoms. The molecule has 0 saturated carbocycles. The van der Waals surface area contributed by atoms with Crippen molar-refractivity contribution in [1.29, 1.82) is 5.26 Å². The molecule has 1 aliphatic heterocycles. The number of hydrogen-bond donors (Lipinski definition) is 1. The minimum absolute atomic E-state index is 0.110. The number of rotatable bonds is 3. The minimum Gasteiger partial charge on any atom is -0.320 e. The molecule has 0 saturated heterocycles. The zero-order valence-corrected chi connectivity index (χ0v) is 13.1. The zero-order chi connectivity index (χ0) is 14.7. The van der Waals surface area contributed by atoms with E-state index in [4.69, 9.17) is 23.2 Å². The highest BCUT2D eigenvalue weighted by molar-refractivity contribution is 8.03. The highest BCUT2D eigenvalue weighted by Gasteiger charge is 2.30. The quantitative estimate of drug-likeness (QED) is 0.910. The number of nitriles is 1.